The number of aryl methyl sites for hydroxylation is 1. The Balaban J connectivity index is 1.42. The molecule has 1 saturated heterocycles. The summed E-state index contributed by atoms with van der Waals surface area (Å²) in [4.78, 5) is 25.1. The number of benzene rings is 1. The fraction of sp³-hybridized carbons (Fsp3) is 0.316. The standard InChI is InChI=1S/C19H18N4O5/c1-12-4-5-14(11-15(12)23(25)26)19(24)22-8-6-13(7-9-22)17-20-21-18(28-17)16-3-2-10-27-16/h2-5,10-11,13H,6-9H2,1H3. The molecule has 0 radical (unpaired) electrons. The predicted octanol–water partition coefficient (Wildman–Crippen LogP) is 3.57. The third-order valence-electron chi connectivity index (χ3n) is 4.96. The van der Waals surface area contributed by atoms with Crippen molar-refractivity contribution in [3.8, 4) is 11.7 Å². The van der Waals surface area contributed by atoms with Crippen molar-refractivity contribution in [2.45, 2.75) is 25.7 Å². The monoisotopic (exact) mass is 382 g/mol. The average molecular weight is 382 g/mol. The van der Waals surface area contributed by atoms with Gasteiger partial charge in [0.05, 0.1) is 11.2 Å². The Morgan fingerprint density at radius 2 is 2.04 bits per heavy atom. The minimum atomic E-state index is -0.468. The van der Waals surface area contributed by atoms with E-state index in [1.165, 1.54) is 6.07 Å². The number of nitrogens with zero attached hydrogens (tertiary/aromatic N) is 4. The summed E-state index contributed by atoms with van der Waals surface area (Å²) in [7, 11) is 0. The van der Waals surface area contributed by atoms with Crippen LogP contribution in [0.1, 0.15) is 40.6 Å². The molecule has 4 rings (SSSR count). The summed E-state index contributed by atoms with van der Waals surface area (Å²) in [5.74, 6) is 1.25. The zero-order chi connectivity index (χ0) is 19.7. The van der Waals surface area contributed by atoms with Crippen molar-refractivity contribution in [1.82, 2.24) is 15.1 Å². The average Bonchev–Trinajstić information content (AvgIpc) is 3.39. The number of carbonyl (C=O) groups excluding carboxylic acids is 1. The molecule has 144 valence electrons. The summed E-state index contributed by atoms with van der Waals surface area (Å²) in [6.45, 7) is 2.69. The van der Waals surface area contributed by atoms with E-state index in [1.54, 1.807) is 42.4 Å². The molecule has 1 aromatic carbocycles. The number of piperidine rings is 1. The summed E-state index contributed by atoms with van der Waals surface area (Å²) in [6.07, 6.45) is 2.90. The number of hydrogen-bond donors (Lipinski definition) is 0. The number of carbonyl (C=O) groups is 1. The van der Waals surface area contributed by atoms with Crippen molar-refractivity contribution >= 4 is 11.6 Å². The van der Waals surface area contributed by atoms with E-state index >= 15 is 0 Å². The molecule has 1 aliphatic heterocycles. The van der Waals surface area contributed by atoms with Crippen LogP contribution in [0.4, 0.5) is 5.69 Å². The fourth-order valence-electron chi connectivity index (χ4n) is 3.35. The Hall–Kier alpha value is -3.49. The molecule has 1 amide bonds. The molecule has 9 nitrogen and oxygen atoms in total. The molecular formula is C19H18N4O5. The summed E-state index contributed by atoms with van der Waals surface area (Å²) in [5, 5.41) is 19.2. The molecule has 0 spiro atoms. The van der Waals surface area contributed by atoms with Crippen LogP contribution in [0.5, 0.6) is 0 Å². The van der Waals surface area contributed by atoms with Gasteiger partial charge in [-0.2, -0.15) is 0 Å². The molecule has 0 aliphatic carbocycles. The second-order valence-electron chi connectivity index (χ2n) is 6.75. The molecule has 0 unspecified atom stereocenters. The van der Waals surface area contributed by atoms with E-state index in [9.17, 15) is 14.9 Å². The van der Waals surface area contributed by atoms with Crippen LogP contribution in [-0.4, -0.2) is 39.0 Å². The normalized spacial score (nSPS) is 15.0. The number of nitro benzene ring substituents is 1. The molecule has 1 fully saturated rings. The molecule has 3 heterocycles. The molecule has 9 heteroatoms. The quantitative estimate of drug-likeness (QED) is 0.500. The van der Waals surface area contributed by atoms with Gasteiger partial charge in [0.1, 0.15) is 0 Å². The highest BCUT2D eigenvalue weighted by molar-refractivity contribution is 5.95. The van der Waals surface area contributed by atoms with Crippen LogP contribution in [0.2, 0.25) is 0 Å². The van der Waals surface area contributed by atoms with Crippen LogP contribution in [0.25, 0.3) is 11.7 Å². The summed E-state index contributed by atoms with van der Waals surface area (Å²) in [5.41, 5.74) is 0.815. The van der Waals surface area contributed by atoms with Crippen LogP contribution in [0, 0.1) is 17.0 Å². The van der Waals surface area contributed by atoms with Gasteiger partial charge in [0.2, 0.25) is 5.89 Å². The van der Waals surface area contributed by atoms with Crippen LogP contribution in [-0.2, 0) is 0 Å². The first-order valence-corrected chi connectivity index (χ1v) is 8.94. The van der Waals surface area contributed by atoms with Gasteiger partial charge in [0.25, 0.3) is 17.5 Å². The summed E-state index contributed by atoms with van der Waals surface area (Å²) >= 11 is 0. The number of amides is 1. The van der Waals surface area contributed by atoms with E-state index in [0.29, 0.717) is 54.6 Å². The first-order chi connectivity index (χ1) is 13.5. The van der Waals surface area contributed by atoms with Gasteiger partial charge in [0, 0.05) is 36.2 Å². The highest BCUT2D eigenvalue weighted by atomic mass is 16.6. The van der Waals surface area contributed by atoms with Gasteiger partial charge < -0.3 is 13.7 Å². The molecule has 0 atom stereocenters. The van der Waals surface area contributed by atoms with Crippen LogP contribution >= 0.6 is 0 Å². The van der Waals surface area contributed by atoms with Crippen molar-refractivity contribution in [1.29, 1.82) is 0 Å². The van der Waals surface area contributed by atoms with E-state index in [-0.39, 0.29) is 17.5 Å². The Morgan fingerprint density at radius 1 is 1.25 bits per heavy atom. The summed E-state index contributed by atoms with van der Waals surface area (Å²) < 4.78 is 11.0. The van der Waals surface area contributed by atoms with Crippen molar-refractivity contribution in [3.05, 3.63) is 63.7 Å². The maximum absolute atomic E-state index is 12.7. The van der Waals surface area contributed by atoms with Gasteiger partial charge in [-0.15, -0.1) is 10.2 Å². The SMILES string of the molecule is Cc1ccc(C(=O)N2CCC(c3nnc(-c4ccco4)o3)CC2)cc1[N+](=O)[O-]. The lowest BCUT2D eigenvalue weighted by Crippen LogP contribution is -2.38. The first kappa shape index (κ1) is 17.9. The van der Waals surface area contributed by atoms with Crippen LogP contribution < -0.4 is 0 Å². The zero-order valence-corrected chi connectivity index (χ0v) is 15.2. The lowest BCUT2D eigenvalue weighted by molar-refractivity contribution is -0.385. The maximum atomic E-state index is 12.7. The molecular weight excluding hydrogens is 364 g/mol. The van der Waals surface area contributed by atoms with Gasteiger partial charge in [0.15, 0.2) is 5.76 Å². The van der Waals surface area contributed by atoms with Crippen molar-refractivity contribution in [2.24, 2.45) is 0 Å². The van der Waals surface area contributed by atoms with E-state index in [2.05, 4.69) is 10.2 Å². The van der Waals surface area contributed by atoms with Crippen LogP contribution in [0.15, 0.2) is 45.4 Å². The Morgan fingerprint density at radius 3 is 2.71 bits per heavy atom. The van der Waals surface area contributed by atoms with E-state index in [4.69, 9.17) is 8.83 Å². The maximum Gasteiger partial charge on any atom is 0.283 e. The van der Waals surface area contributed by atoms with Gasteiger partial charge in [-0.3, -0.25) is 14.9 Å². The third kappa shape index (κ3) is 3.38. The molecule has 28 heavy (non-hydrogen) atoms. The molecule has 1 aliphatic rings. The third-order valence-corrected chi connectivity index (χ3v) is 4.96. The second-order valence-corrected chi connectivity index (χ2v) is 6.75. The minimum Gasteiger partial charge on any atom is -0.459 e. The number of rotatable bonds is 4. The Labute approximate surface area is 160 Å². The van der Waals surface area contributed by atoms with Gasteiger partial charge in [-0.05, 0) is 38.0 Å². The fourth-order valence-corrected chi connectivity index (χ4v) is 3.35. The van der Waals surface area contributed by atoms with Gasteiger partial charge in [-0.1, -0.05) is 6.07 Å². The highest BCUT2D eigenvalue weighted by Gasteiger charge is 2.29. The number of hydrogen-bond acceptors (Lipinski definition) is 7. The lowest BCUT2D eigenvalue weighted by atomic mass is 9.96. The highest BCUT2D eigenvalue weighted by Crippen LogP contribution is 2.30. The van der Waals surface area contributed by atoms with Gasteiger partial charge >= 0.3 is 0 Å². The van der Waals surface area contributed by atoms with Crippen molar-refractivity contribution in [2.75, 3.05) is 13.1 Å². The lowest BCUT2D eigenvalue weighted by Gasteiger charge is -2.30. The number of furan rings is 1. The Bertz CT molecular complexity index is 1000. The molecule has 2 aromatic heterocycles. The summed E-state index contributed by atoms with van der Waals surface area (Å²) in [6, 6.07) is 8.08. The topological polar surface area (TPSA) is 116 Å². The second kappa shape index (κ2) is 7.26. The van der Waals surface area contributed by atoms with Crippen LogP contribution in [0.3, 0.4) is 0 Å². The van der Waals surface area contributed by atoms with E-state index in [0.717, 1.165) is 0 Å². The molecule has 3 aromatic rings. The Kier molecular flexibility index (Phi) is 4.64. The minimum absolute atomic E-state index is 0.0444. The molecule has 0 saturated carbocycles. The van der Waals surface area contributed by atoms with E-state index < -0.39 is 4.92 Å². The molecule has 0 bridgehead atoms. The number of aromatic nitrogens is 2. The van der Waals surface area contributed by atoms with Gasteiger partial charge in [-0.25, -0.2) is 0 Å². The van der Waals surface area contributed by atoms with Crippen molar-refractivity contribution in [3.63, 3.8) is 0 Å². The molecule has 0 N–H and O–H groups in total. The van der Waals surface area contributed by atoms with E-state index in [1.807, 2.05) is 0 Å². The largest absolute Gasteiger partial charge is 0.459 e. The number of nitro groups is 1. The predicted molar refractivity (Wildman–Crippen MR) is 97.7 cm³/mol. The number of likely N-dealkylation sites (tertiary alicyclic amines) is 1. The first-order valence-electron chi connectivity index (χ1n) is 8.94. The van der Waals surface area contributed by atoms with Crippen molar-refractivity contribution < 1.29 is 18.6 Å². The smallest absolute Gasteiger partial charge is 0.283 e. The zero-order valence-electron chi connectivity index (χ0n) is 15.2.